The van der Waals surface area contributed by atoms with Gasteiger partial charge in [-0.1, -0.05) is 0 Å². The Morgan fingerprint density at radius 3 is 2.33 bits per heavy atom. The van der Waals surface area contributed by atoms with Crippen molar-refractivity contribution >= 4 is 22.4 Å². The minimum absolute atomic E-state index is 0. The van der Waals surface area contributed by atoms with Gasteiger partial charge >= 0.3 is 0 Å². The van der Waals surface area contributed by atoms with Crippen LogP contribution in [-0.4, -0.2) is 27.6 Å². The number of halogens is 1. The van der Waals surface area contributed by atoms with Crippen molar-refractivity contribution in [3.8, 4) is 5.75 Å². The molecule has 3 N–H and O–H groups in total. The summed E-state index contributed by atoms with van der Waals surface area (Å²) in [6.07, 6.45) is 0. The molecule has 0 spiro atoms. The van der Waals surface area contributed by atoms with E-state index in [0.29, 0.717) is 12.4 Å². The summed E-state index contributed by atoms with van der Waals surface area (Å²) >= 11 is 0. The zero-order valence-corrected chi connectivity index (χ0v) is 12.1. The molecule has 0 saturated carbocycles. The fourth-order valence-electron chi connectivity index (χ4n) is 1.26. The Bertz CT molecular complexity index is 448. The van der Waals surface area contributed by atoms with Gasteiger partial charge in [-0.05, 0) is 38.1 Å². The van der Waals surface area contributed by atoms with Crippen LogP contribution in [0.2, 0.25) is 0 Å². The number of hydrogen-bond donors (Lipinski definition) is 2. The molecule has 0 amide bonds. The van der Waals surface area contributed by atoms with Gasteiger partial charge in [0.25, 0.3) is 0 Å². The molecular formula is C11H19ClN2O3S. The van der Waals surface area contributed by atoms with E-state index in [2.05, 4.69) is 4.72 Å². The number of benzene rings is 1. The molecular weight excluding hydrogens is 276 g/mol. The molecule has 0 radical (unpaired) electrons. The van der Waals surface area contributed by atoms with E-state index in [0.717, 1.165) is 0 Å². The Morgan fingerprint density at radius 1 is 1.33 bits per heavy atom. The van der Waals surface area contributed by atoms with Crippen molar-refractivity contribution in [2.24, 2.45) is 5.73 Å². The lowest BCUT2D eigenvalue weighted by Crippen LogP contribution is -2.37. The van der Waals surface area contributed by atoms with Crippen LogP contribution in [0, 0.1) is 0 Å². The third kappa shape index (κ3) is 4.81. The monoisotopic (exact) mass is 294 g/mol. The van der Waals surface area contributed by atoms with E-state index in [9.17, 15) is 8.42 Å². The number of rotatable bonds is 6. The Kier molecular flexibility index (Phi) is 7.23. The zero-order chi connectivity index (χ0) is 12.9. The lowest BCUT2D eigenvalue weighted by Gasteiger charge is -2.12. The molecule has 0 unspecified atom stereocenters. The summed E-state index contributed by atoms with van der Waals surface area (Å²) in [5, 5.41) is 0. The average Bonchev–Trinajstić information content (AvgIpc) is 2.29. The number of sulfonamides is 1. The molecule has 0 aliphatic rings. The van der Waals surface area contributed by atoms with Crippen molar-refractivity contribution in [3.05, 3.63) is 24.3 Å². The van der Waals surface area contributed by atoms with E-state index in [-0.39, 0.29) is 29.9 Å². The van der Waals surface area contributed by atoms with E-state index in [1.807, 2.05) is 6.92 Å². The molecule has 7 heteroatoms. The van der Waals surface area contributed by atoms with Gasteiger partial charge < -0.3 is 10.5 Å². The normalized spacial score (nSPS) is 12.6. The minimum Gasteiger partial charge on any atom is -0.494 e. The SMILES string of the molecule is CCOc1ccc(S(=O)(=O)N[C@@H](C)CN)cc1.Cl. The average molecular weight is 295 g/mol. The summed E-state index contributed by atoms with van der Waals surface area (Å²) < 4.78 is 31.4. The predicted molar refractivity (Wildman–Crippen MR) is 73.7 cm³/mol. The van der Waals surface area contributed by atoms with Crippen LogP contribution in [0.4, 0.5) is 0 Å². The van der Waals surface area contributed by atoms with E-state index >= 15 is 0 Å². The van der Waals surface area contributed by atoms with Gasteiger partial charge in [-0.15, -0.1) is 12.4 Å². The number of nitrogens with two attached hydrogens (primary N) is 1. The smallest absolute Gasteiger partial charge is 0.240 e. The number of hydrogen-bond acceptors (Lipinski definition) is 4. The van der Waals surface area contributed by atoms with Gasteiger partial charge in [0.2, 0.25) is 10.0 Å². The molecule has 0 bridgehead atoms. The molecule has 0 aliphatic heterocycles. The van der Waals surface area contributed by atoms with Gasteiger partial charge in [-0.2, -0.15) is 0 Å². The van der Waals surface area contributed by atoms with Crippen molar-refractivity contribution in [1.29, 1.82) is 0 Å². The van der Waals surface area contributed by atoms with Gasteiger partial charge in [0.15, 0.2) is 0 Å². The third-order valence-corrected chi connectivity index (χ3v) is 3.76. The van der Waals surface area contributed by atoms with Crippen molar-refractivity contribution in [3.63, 3.8) is 0 Å². The highest BCUT2D eigenvalue weighted by Crippen LogP contribution is 2.15. The topological polar surface area (TPSA) is 81.4 Å². The minimum atomic E-state index is -3.49. The van der Waals surface area contributed by atoms with Crippen LogP contribution in [0.3, 0.4) is 0 Å². The molecule has 5 nitrogen and oxygen atoms in total. The fourth-order valence-corrected chi connectivity index (χ4v) is 2.52. The second-order valence-electron chi connectivity index (χ2n) is 3.66. The van der Waals surface area contributed by atoms with Crippen LogP contribution in [0.1, 0.15) is 13.8 Å². The van der Waals surface area contributed by atoms with Gasteiger partial charge in [0, 0.05) is 12.6 Å². The molecule has 0 heterocycles. The first-order valence-electron chi connectivity index (χ1n) is 5.45. The van der Waals surface area contributed by atoms with E-state index in [1.54, 1.807) is 19.1 Å². The van der Waals surface area contributed by atoms with Gasteiger partial charge in [-0.25, -0.2) is 13.1 Å². The maximum Gasteiger partial charge on any atom is 0.240 e. The van der Waals surface area contributed by atoms with E-state index < -0.39 is 10.0 Å². The summed E-state index contributed by atoms with van der Waals surface area (Å²) in [6, 6.07) is 6.00. The largest absolute Gasteiger partial charge is 0.494 e. The molecule has 104 valence electrons. The maximum absolute atomic E-state index is 11.9. The van der Waals surface area contributed by atoms with Crippen LogP contribution in [0.15, 0.2) is 29.2 Å². The van der Waals surface area contributed by atoms with Gasteiger partial charge in [0.05, 0.1) is 11.5 Å². The van der Waals surface area contributed by atoms with Crippen molar-refractivity contribution in [1.82, 2.24) is 4.72 Å². The summed E-state index contributed by atoms with van der Waals surface area (Å²) in [5.74, 6) is 0.651. The van der Waals surface area contributed by atoms with Crippen LogP contribution in [-0.2, 0) is 10.0 Å². The summed E-state index contributed by atoms with van der Waals surface area (Å²) in [4.78, 5) is 0.209. The Morgan fingerprint density at radius 2 is 1.89 bits per heavy atom. The summed E-state index contributed by atoms with van der Waals surface area (Å²) in [6.45, 7) is 4.39. The van der Waals surface area contributed by atoms with Crippen molar-refractivity contribution in [2.45, 2.75) is 24.8 Å². The lowest BCUT2D eigenvalue weighted by atomic mass is 10.3. The highest BCUT2D eigenvalue weighted by molar-refractivity contribution is 7.89. The first kappa shape index (κ1) is 17.2. The Labute approximate surface area is 114 Å². The van der Waals surface area contributed by atoms with E-state index in [4.69, 9.17) is 10.5 Å². The summed E-state index contributed by atoms with van der Waals surface area (Å²) in [5.41, 5.74) is 5.37. The standard InChI is InChI=1S/C11H18N2O3S.ClH/c1-3-16-10-4-6-11(7-5-10)17(14,15)13-9(2)8-12;/h4-7,9,13H,3,8,12H2,1-2H3;1H/t9-;/m0./s1. The van der Waals surface area contributed by atoms with Crippen molar-refractivity contribution in [2.75, 3.05) is 13.2 Å². The van der Waals surface area contributed by atoms with Crippen LogP contribution >= 0.6 is 12.4 Å². The molecule has 1 aromatic carbocycles. The number of ether oxygens (including phenoxy) is 1. The van der Waals surface area contributed by atoms with Crippen molar-refractivity contribution < 1.29 is 13.2 Å². The first-order chi connectivity index (χ1) is 7.99. The summed E-state index contributed by atoms with van der Waals surface area (Å²) in [7, 11) is -3.49. The Hall–Kier alpha value is -0.820. The predicted octanol–water partition coefficient (Wildman–Crippen LogP) is 1.13. The molecule has 0 fully saturated rings. The second kappa shape index (κ2) is 7.58. The molecule has 0 aromatic heterocycles. The molecule has 0 saturated heterocycles. The van der Waals surface area contributed by atoms with Gasteiger partial charge in [0.1, 0.15) is 5.75 Å². The quantitative estimate of drug-likeness (QED) is 0.824. The molecule has 1 atom stereocenters. The second-order valence-corrected chi connectivity index (χ2v) is 5.38. The molecule has 1 aromatic rings. The van der Waals surface area contributed by atoms with E-state index in [1.165, 1.54) is 12.1 Å². The van der Waals surface area contributed by atoms with Crippen LogP contribution in [0.5, 0.6) is 5.75 Å². The Balaban J connectivity index is 0.00000289. The lowest BCUT2D eigenvalue weighted by molar-refractivity contribution is 0.340. The van der Waals surface area contributed by atoms with Crippen LogP contribution in [0.25, 0.3) is 0 Å². The first-order valence-corrected chi connectivity index (χ1v) is 6.93. The van der Waals surface area contributed by atoms with Crippen LogP contribution < -0.4 is 15.2 Å². The highest BCUT2D eigenvalue weighted by Gasteiger charge is 2.16. The third-order valence-electron chi connectivity index (χ3n) is 2.15. The molecule has 18 heavy (non-hydrogen) atoms. The van der Waals surface area contributed by atoms with Gasteiger partial charge in [-0.3, -0.25) is 0 Å². The fraction of sp³-hybridized carbons (Fsp3) is 0.455. The molecule has 1 rings (SSSR count). The zero-order valence-electron chi connectivity index (χ0n) is 10.4. The molecule has 0 aliphatic carbocycles. The highest BCUT2D eigenvalue weighted by atomic mass is 35.5. The maximum atomic E-state index is 11.9. The number of nitrogens with one attached hydrogen (secondary N) is 1.